The highest BCUT2D eigenvalue weighted by atomic mass is 16.5. The van der Waals surface area contributed by atoms with Gasteiger partial charge in [0.1, 0.15) is 6.61 Å². The average Bonchev–Trinajstić information content (AvgIpc) is 2.77. The van der Waals surface area contributed by atoms with Crippen molar-refractivity contribution in [1.29, 1.82) is 0 Å². The lowest BCUT2D eigenvalue weighted by Crippen LogP contribution is -2.54. The highest BCUT2D eigenvalue weighted by Crippen LogP contribution is 2.26. The fourth-order valence-corrected chi connectivity index (χ4v) is 3.26. The monoisotopic (exact) mass is 306 g/mol. The molecule has 0 spiro atoms. The molecule has 1 aromatic rings. The number of aromatic nitrogens is 2. The molecule has 2 atom stereocenters. The zero-order valence-corrected chi connectivity index (χ0v) is 13.3. The van der Waals surface area contributed by atoms with E-state index < -0.39 is 0 Å². The summed E-state index contributed by atoms with van der Waals surface area (Å²) >= 11 is 0. The van der Waals surface area contributed by atoms with Crippen LogP contribution in [0.3, 0.4) is 0 Å². The van der Waals surface area contributed by atoms with Gasteiger partial charge < -0.3 is 14.5 Å². The number of likely N-dealkylation sites (N-methyl/N-ethyl adjacent to an activating group) is 1. The van der Waals surface area contributed by atoms with E-state index in [1.807, 2.05) is 18.9 Å². The second kappa shape index (κ2) is 5.72. The quantitative estimate of drug-likeness (QED) is 0.735. The first-order valence-corrected chi connectivity index (χ1v) is 7.60. The molecule has 2 amide bonds. The van der Waals surface area contributed by atoms with Crippen LogP contribution in [0.25, 0.3) is 0 Å². The van der Waals surface area contributed by atoms with Crippen molar-refractivity contribution in [2.75, 3.05) is 33.4 Å². The first kappa shape index (κ1) is 15.0. The van der Waals surface area contributed by atoms with Crippen LogP contribution in [0.1, 0.15) is 22.5 Å². The van der Waals surface area contributed by atoms with Crippen molar-refractivity contribution >= 4 is 11.8 Å². The fraction of sp³-hybridized carbons (Fsp3) is 0.667. The minimum absolute atomic E-state index is 0.00457. The molecule has 0 radical (unpaired) electrons. The van der Waals surface area contributed by atoms with Crippen LogP contribution in [0, 0.1) is 12.8 Å². The van der Waals surface area contributed by atoms with Gasteiger partial charge in [0.15, 0.2) is 0 Å². The first-order chi connectivity index (χ1) is 10.5. The zero-order chi connectivity index (χ0) is 15.9. The normalized spacial score (nSPS) is 25.9. The molecule has 0 aromatic carbocycles. The molecule has 0 N–H and O–H groups in total. The minimum atomic E-state index is -0.0145. The van der Waals surface area contributed by atoms with Gasteiger partial charge in [-0.15, -0.1) is 0 Å². The number of amides is 2. The van der Waals surface area contributed by atoms with Crippen LogP contribution < -0.4 is 0 Å². The second-order valence-electron chi connectivity index (χ2n) is 6.15. The largest absolute Gasteiger partial charge is 0.371 e. The Labute approximate surface area is 129 Å². The Morgan fingerprint density at radius 2 is 2.18 bits per heavy atom. The Balaban J connectivity index is 1.78. The fourth-order valence-electron chi connectivity index (χ4n) is 3.26. The SMILES string of the molecule is Cc1c(C(=O)N2CC[C@H]3COCC(=O)N(C)[C@H]3C2)cnn1C. The van der Waals surface area contributed by atoms with E-state index in [0.717, 1.165) is 12.1 Å². The van der Waals surface area contributed by atoms with Crippen molar-refractivity contribution in [3.8, 4) is 0 Å². The van der Waals surface area contributed by atoms with Crippen molar-refractivity contribution in [2.24, 2.45) is 13.0 Å². The van der Waals surface area contributed by atoms with Crippen molar-refractivity contribution < 1.29 is 14.3 Å². The molecule has 7 heteroatoms. The average molecular weight is 306 g/mol. The van der Waals surface area contributed by atoms with Crippen LogP contribution in [-0.2, 0) is 16.6 Å². The van der Waals surface area contributed by atoms with Gasteiger partial charge in [0.2, 0.25) is 5.91 Å². The van der Waals surface area contributed by atoms with Crippen molar-refractivity contribution in [1.82, 2.24) is 19.6 Å². The van der Waals surface area contributed by atoms with Crippen LogP contribution in [0.4, 0.5) is 0 Å². The lowest BCUT2D eigenvalue weighted by molar-refractivity contribution is -0.134. The molecule has 2 fully saturated rings. The summed E-state index contributed by atoms with van der Waals surface area (Å²) < 4.78 is 7.14. The Morgan fingerprint density at radius 3 is 2.86 bits per heavy atom. The summed E-state index contributed by atoms with van der Waals surface area (Å²) in [4.78, 5) is 28.3. The van der Waals surface area contributed by atoms with Crippen LogP contribution >= 0.6 is 0 Å². The molecule has 22 heavy (non-hydrogen) atoms. The maximum absolute atomic E-state index is 12.7. The number of nitrogens with zero attached hydrogens (tertiary/aromatic N) is 4. The van der Waals surface area contributed by atoms with Gasteiger partial charge >= 0.3 is 0 Å². The van der Waals surface area contributed by atoms with Gasteiger partial charge in [-0.25, -0.2) is 0 Å². The molecule has 3 rings (SSSR count). The summed E-state index contributed by atoms with van der Waals surface area (Å²) in [7, 11) is 3.63. The standard InChI is InChI=1S/C15H22N4O3/c1-10-12(6-16-18(10)3)15(21)19-5-4-11-8-22-9-14(20)17(2)13(11)7-19/h6,11,13H,4-5,7-9H2,1-3H3/t11-,13-/m0/s1. The second-order valence-corrected chi connectivity index (χ2v) is 6.15. The molecule has 1 aromatic heterocycles. The highest BCUT2D eigenvalue weighted by molar-refractivity contribution is 5.95. The molecule has 0 saturated carbocycles. The molecule has 0 bridgehead atoms. The van der Waals surface area contributed by atoms with E-state index in [-0.39, 0.29) is 24.5 Å². The van der Waals surface area contributed by atoms with E-state index in [4.69, 9.17) is 4.74 Å². The van der Waals surface area contributed by atoms with E-state index >= 15 is 0 Å². The Morgan fingerprint density at radius 1 is 1.41 bits per heavy atom. The van der Waals surface area contributed by atoms with Crippen molar-refractivity contribution in [3.05, 3.63) is 17.5 Å². The smallest absolute Gasteiger partial charge is 0.257 e. The Bertz CT molecular complexity index is 598. The highest BCUT2D eigenvalue weighted by Gasteiger charge is 2.38. The maximum atomic E-state index is 12.7. The third kappa shape index (κ3) is 2.49. The van der Waals surface area contributed by atoms with E-state index in [1.54, 1.807) is 22.8 Å². The molecule has 2 saturated heterocycles. The van der Waals surface area contributed by atoms with E-state index in [1.165, 1.54) is 0 Å². The summed E-state index contributed by atoms with van der Waals surface area (Å²) in [6.07, 6.45) is 2.47. The van der Waals surface area contributed by atoms with Crippen LogP contribution in [0.2, 0.25) is 0 Å². The lowest BCUT2D eigenvalue weighted by atomic mass is 9.91. The summed E-state index contributed by atoms with van der Waals surface area (Å²) in [5.74, 6) is 0.282. The third-order valence-corrected chi connectivity index (χ3v) is 4.92. The number of hydrogen-bond donors (Lipinski definition) is 0. The van der Waals surface area contributed by atoms with Gasteiger partial charge in [-0.05, 0) is 13.3 Å². The number of ether oxygens (including phenoxy) is 1. The van der Waals surface area contributed by atoms with E-state index in [9.17, 15) is 9.59 Å². The zero-order valence-electron chi connectivity index (χ0n) is 13.3. The van der Waals surface area contributed by atoms with Gasteiger partial charge in [0, 0.05) is 38.8 Å². The summed E-state index contributed by atoms with van der Waals surface area (Å²) in [5.41, 5.74) is 1.50. The van der Waals surface area contributed by atoms with Crippen LogP contribution in [0.15, 0.2) is 6.20 Å². The number of piperidine rings is 1. The molecule has 7 nitrogen and oxygen atoms in total. The number of carbonyl (C=O) groups excluding carboxylic acids is 2. The molecule has 3 heterocycles. The molecule has 0 aliphatic carbocycles. The van der Waals surface area contributed by atoms with Crippen LogP contribution in [-0.4, -0.2) is 70.8 Å². The summed E-state index contributed by atoms with van der Waals surface area (Å²) in [6.45, 7) is 3.87. The van der Waals surface area contributed by atoms with Gasteiger partial charge in [0.05, 0.1) is 24.4 Å². The molecular weight excluding hydrogens is 284 g/mol. The first-order valence-electron chi connectivity index (χ1n) is 7.60. The van der Waals surface area contributed by atoms with Crippen molar-refractivity contribution in [3.63, 3.8) is 0 Å². The number of carbonyl (C=O) groups is 2. The van der Waals surface area contributed by atoms with Crippen molar-refractivity contribution in [2.45, 2.75) is 19.4 Å². The topological polar surface area (TPSA) is 67.7 Å². The molecule has 2 aliphatic rings. The molecular formula is C15H22N4O3. The van der Waals surface area contributed by atoms with Crippen LogP contribution in [0.5, 0.6) is 0 Å². The van der Waals surface area contributed by atoms with E-state index in [0.29, 0.717) is 31.2 Å². The Kier molecular flexibility index (Phi) is 3.90. The van der Waals surface area contributed by atoms with Gasteiger partial charge in [-0.3, -0.25) is 14.3 Å². The molecule has 120 valence electrons. The maximum Gasteiger partial charge on any atom is 0.257 e. The van der Waals surface area contributed by atoms with Gasteiger partial charge in [-0.1, -0.05) is 0 Å². The number of rotatable bonds is 1. The summed E-state index contributed by atoms with van der Waals surface area (Å²) in [5, 5.41) is 4.14. The third-order valence-electron chi connectivity index (χ3n) is 4.92. The predicted molar refractivity (Wildman–Crippen MR) is 79.3 cm³/mol. The van der Waals surface area contributed by atoms with Gasteiger partial charge in [-0.2, -0.15) is 5.10 Å². The lowest BCUT2D eigenvalue weighted by Gasteiger charge is -2.41. The molecule has 2 aliphatic heterocycles. The van der Waals surface area contributed by atoms with Gasteiger partial charge in [0.25, 0.3) is 5.91 Å². The summed E-state index contributed by atoms with van der Waals surface area (Å²) in [6, 6.07) is 0.0321. The Hall–Kier alpha value is -1.89. The number of likely N-dealkylation sites (tertiary alicyclic amines) is 1. The molecule has 0 unspecified atom stereocenters. The minimum Gasteiger partial charge on any atom is -0.371 e. The number of fused-ring (bicyclic) bond motifs is 1. The predicted octanol–water partition coefficient (Wildman–Crippen LogP) is 0.0478. The number of hydrogen-bond acceptors (Lipinski definition) is 4. The van der Waals surface area contributed by atoms with E-state index in [2.05, 4.69) is 5.10 Å². The number of aryl methyl sites for hydroxylation is 1.